The van der Waals surface area contributed by atoms with E-state index >= 15 is 0 Å². The molecular weight excluding hydrogens is 212 g/mol. The summed E-state index contributed by atoms with van der Waals surface area (Å²) in [5.74, 6) is 1.09. The molecule has 1 heterocycles. The van der Waals surface area contributed by atoms with Crippen LogP contribution in [-0.2, 0) is 13.1 Å². The first-order chi connectivity index (χ1) is 8.04. The third kappa shape index (κ3) is 4.52. The fourth-order valence-corrected chi connectivity index (χ4v) is 1.82. The van der Waals surface area contributed by atoms with Crippen LogP contribution in [0.1, 0.15) is 45.9 Å². The Morgan fingerprint density at radius 3 is 2.53 bits per heavy atom. The van der Waals surface area contributed by atoms with Crippen molar-refractivity contribution in [1.29, 1.82) is 0 Å². The fraction of sp³-hybridized carbons (Fsp3) is 0.714. The minimum absolute atomic E-state index is 0.505. The number of nitrogens with one attached hydrogen (secondary N) is 1. The number of hydrogen-bond acceptors (Lipinski definition) is 3. The predicted octanol–water partition coefficient (Wildman–Crippen LogP) is 3.01. The van der Waals surface area contributed by atoms with Crippen molar-refractivity contribution in [3.8, 4) is 0 Å². The van der Waals surface area contributed by atoms with Gasteiger partial charge < -0.3 is 9.73 Å². The molecule has 0 fully saturated rings. The topological polar surface area (TPSA) is 28.4 Å². The first-order valence-electron chi connectivity index (χ1n) is 6.57. The lowest BCUT2D eigenvalue weighted by Gasteiger charge is -2.24. The molecular formula is C14H26N2O. The highest BCUT2D eigenvalue weighted by atomic mass is 16.3. The Balaban J connectivity index is 2.61. The molecule has 0 saturated carbocycles. The summed E-state index contributed by atoms with van der Waals surface area (Å²) in [5.41, 5.74) is 1.28. The van der Waals surface area contributed by atoms with Gasteiger partial charge in [-0.3, -0.25) is 4.90 Å². The van der Waals surface area contributed by atoms with Gasteiger partial charge in [-0.05, 0) is 26.5 Å². The fourth-order valence-electron chi connectivity index (χ4n) is 1.82. The Kier molecular flexibility index (Phi) is 5.72. The average Bonchev–Trinajstić information content (AvgIpc) is 2.69. The SMILES string of the molecule is CCN(Cc1occc1CNC(C)C)C(C)C. The normalized spacial score (nSPS) is 12.0. The van der Waals surface area contributed by atoms with Crippen LogP contribution in [-0.4, -0.2) is 23.5 Å². The molecule has 0 aliphatic carbocycles. The van der Waals surface area contributed by atoms with Gasteiger partial charge in [-0.25, -0.2) is 0 Å². The van der Waals surface area contributed by atoms with Crippen molar-refractivity contribution in [1.82, 2.24) is 10.2 Å². The lowest BCUT2D eigenvalue weighted by Crippen LogP contribution is -2.30. The van der Waals surface area contributed by atoms with Crippen molar-refractivity contribution in [3.05, 3.63) is 23.7 Å². The highest BCUT2D eigenvalue weighted by molar-refractivity contribution is 5.17. The van der Waals surface area contributed by atoms with Crippen molar-refractivity contribution in [2.75, 3.05) is 6.54 Å². The van der Waals surface area contributed by atoms with E-state index in [-0.39, 0.29) is 0 Å². The van der Waals surface area contributed by atoms with Crippen molar-refractivity contribution >= 4 is 0 Å². The second-order valence-corrected chi connectivity index (χ2v) is 5.06. The molecule has 0 amide bonds. The molecule has 1 aromatic rings. The lowest BCUT2D eigenvalue weighted by molar-refractivity contribution is 0.206. The van der Waals surface area contributed by atoms with E-state index in [9.17, 15) is 0 Å². The van der Waals surface area contributed by atoms with Crippen molar-refractivity contribution in [3.63, 3.8) is 0 Å². The molecule has 3 nitrogen and oxygen atoms in total. The second-order valence-electron chi connectivity index (χ2n) is 5.06. The summed E-state index contributed by atoms with van der Waals surface area (Å²) in [4.78, 5) is 2.40. The molecule has 0 aliphatic heterocycles. The van der Waals surface area contributed by atoms with Crippen LogP contribution in [0.3, 0.4) is 0 Å². The van der Waals surface area contributed by atoms with E-state index in [0.29, 0.717) is 12.1 Å². The van der Waals surface area contributed by atoms with E-state index < -0.39 is 0 Å². The maximum atomic E-state index is 5.60. The summed E-state index contributed by atoms with van der Waals surface area (Å²) in [6.07, 6.45) is 1.79. The van der Waals surface area contributed by atoms with Crippen LogP contribution in [0.15, 0.2) is 16.7 Å². The maximum Gasteiger partial charge on any atom is 0.122 e. The van der Waals surface area contributed by atoms with Crippen LogP contribution in [0.5, 0.6) is 0 Å². The van der Waals surface area contributed by atoms with Gasteiger partial charge in [-0.2, -0.15) is 0 Å². The first-order valence-corrected chi connectivity index (χ1v) is 6.57. The van der Waals surface area contributed by atoms with Gasteiger partial charge in [0.2, 0.25) is 0 Å². The van der Waals surface area contributed by atoms with Crippen molar-refractivity contribution < 1.29 is 4.42 Å². The molecule has 0 aliphatic rings. The second kappa shape index (κ2) is 6.82. The Hall–Kier alpha value is -0.800. The smallest absolute Gasteiger partial charge is 0.122 e. The molecule has 0 radical (unpaired) electrons. The number of hydrogen-bond donors (Lipinski definition) is 1. The number of rotatable bonds is 7. The van der Waals surface area contributed by atoms with Gasteiger partial charge in [0.1, 0.15) is 5.76 Å². The molecule has 17 heavy (non-hydrogen) atoms. The molecule has 0 saturated heterocycles. The van der Waals surface area contributed by atoms with Crippen LogP contribution in [0.2, 0.25) is 0 Å². The van der Waals surface area contributed by atoms with Crippen LogP contribution in [0.4, 0.5) is 0 Å². The van der Waals surface area contributed by atoms with E-state index in [4.69, 9.17) is 4.42 Å². The van der Waals surface area contributed by atoms with Gasteiger partial charge in [0.05, 0.1) is 12.8 Å². The minimum Gasteiger partial charge on any atom is -0.468 e. The summed E-state index contributed by atoms with van der Waals surface area (Å²) in [7, 11) is 0. The first kappa shape index (κ1) is 14.3. The molecule has 0 spiro atoms. The third-order valence-electron chi connectivity index (χ3n) is 3.02. The Labute approximate surface area is 105 Å². The summed E-state index contributed by atoms with van der Waals surface area (Å²) < 4.78 is 5.60. The Bertz CT molecular complexity index is 318. The molecule has 1 rings (SSSR count). The lowest BCUT2D eigenvalue weighted by atomic mass is 10.2. The highest BCUT2D eigenvalue weighted by Crippen LogP contribution is 2.15. The molecule has 3 heteroatoms. The zero-order valence-corrected chi connectivity index (χ0v) is 11.8. The van der Waals surface area contributed by atoms with Gasteiger partial charge in [-0.1, -0.05) is 20.8 Å². The highest BCUT2D eigenvalue weighted by Gasteiger charge is 2.13. The molecule has 0 aromatic carbocycles. The zero-order valence-electron chi connectivity index (χ0n) is 11.8. The average molecular weight is 238 g/mol. The minimum atomic E-state index is 0.505. The standard InChI is InChI=1S/C14H26N2O/c1-6-16(12(4)5)10-14-13(7-8-17-14)9-15-11(2)3/h7-8,11-12,15H,6,9-10H2,1-5H3. The van der Waals surface area contributed by atoms with Crippen molar-refractivity contribution in [2.24, 2.45) is 0 Å². The van der Waals surface area contributed by atoms with Crippen molar-refractivity contribution in [2.45, 2.75) is 59.8 Å². The number of furan rings is 1. The molecule has 0 unspecified atom stereocenters. The van der Waals surface area contributed by atoms with E-state index in [1.165, 1.54) is 5.56 Å². The quantitative estimate of drug-likeness (QED) is 0.791. The van der Waals surface area contributed by atoms with Gasteiger partial charge >= 0.3 is 0 Å². The monoisotopic (exact) mass is 238 g/mol. The van der Waals surface area contributed by atoms with Crippen LogP contribution in [0, 0.1) is 0 Å². The van der Waals surface area contributed by atoms with Gasteiger partial charge in [0.25, 0.3) is 0 Å². The largest absolute Gasteiger partial charge is 0.468 e. The number of nitrogens with zero attached hydrogens (tertiary/aromatic N) is 1. The molecule has 1 aromatic heterocycles. The van der Waals surface area contributed by atoms with E-state index in [1.54, 1.807) is 6.26 Å². The molecule has 98 valence electrons. The molecule has 1 N–H and O–H groups in total. The summed E-state index contributed by atoms with van der Waals surface area (Å²) in [6, 6.07) is 3.12. The van der Waals surface area contributed by atoms with Crippen LogP contribution >= 0.6 is 0 Å². The third-order valence-corrected chi connectivity index (χ3v) is 3.02. The predicted molar refractivity (Wildman–Crippen MR) is 71.9 cm³/mol. The molecule has 0 bridgehead atoms. The summed E-state index contributed by atoms with van der Waals surface area (Å²) in [5, 5.41) is 3.43. The van der Waals surface area contributed by atoms with Gasteiger partial charge in [0.15, 0.2) is 0 Å². The summed E-state index contributed by atoms with van der Waals surface area (Å²) in [6.45, 7) is 13.8. The molecule has 0 atom stereocenters. The Morgan fingerprint density at radius 2 is 2.00 bits per heavy atom. The van der Waals surface area contributed by atoms with Gasteiger partial charge in [0, 0.05) is 24.2 Å². The van der Waals surface area contributed by atoms with E-state index in [0.717, 1.165) is 25.4 Å². The van der Waals surface area contributed by atoms with Crippen LogP contribution < -0.4 is 5.32 Å². The Morgan fingerprint density at radius 1 is 1.29 bits per heavy atom. The van der Waals surface area contributed by atoms with E-state index in [1.807, 2.05) is 0 Å². The summed E-state index contributed by atoms with van der Waals surface area (Å²) >= 11 is 0. The van der Waals surface area contributed by atoms with E-state index in [2.05, 4.69) is 50.9 Å². The van der Waals surface area contributed by atoms with Gasteiger partial charge in [-0.15, -0.1) is 0 Å². The van der Waals surface area contributed by atoms with Crippen LogP contribution in [0.25, 0.3) is 0 Å². The maximum absolute atomic E-state index is 5.60. The zero-order chi connectivity index (χ0) is 12.8.